The number of aromatic amines is 2. The lowest BCUT2D eigenvalue weighted by Crippen LogP contribution is -2.28. The molecule has 0 fully saturated rings. The molecule has 0 aliphatic heterocycles. The van der Waals surface area contributed by atoms with E-state index in [1.54, 1.807) is 0 Å². The summed E-state index contributed by atoms with van der Waals surface area (Å²) in [6, 6.07) is 3.85. The van der Waals surface area contributed by atoms with E-state index < -0.39 is 11.2 Å². The zero-order valence-corrected chi connectivity index (χ0v) is 13.4. The molecular weight excluding hydrogens is 312 g/mol. The molecule has 0 saturated carbocycles. The summed E-state index contributed by atoms with van der Waals surface area (Å²) in [5.41, 5.74) is 0.485. The lowest BCUT2D eigenvalue weighted by Gasteiger charge is -2.05. The number of nitrogens with zero attached hydrogens (tertiary/aromatic N) is 3. The molecule has 3 aromatic rings. The van der Waals surface area contributed by atoms with Crippen molar-refractivity contribution in [2.24, 2.45) is 14.1 Å². The van der Waals surface area contributed by atoms with Gasteiger partial charge >= 0.3 is 5.69 Å². The Hall–Kier alpha value is -3.10. The Balaban J connectivity index is 1.65. The Labute approximate surface area is 136 Å². The number of hydrogen-bond donors (Lipinski definition) is 3. The highest BCUT2D eigenvalue weighted by molar-refractivity contribution is 5.76. The summed E-state index contributed by atoms with van der Waals surface area (Å²) in [6.07, 6.45) is 2.50. The highest BCUT2D eigenvalue weighted by Crippen LogP contribution is 2.06. The number of aromatic nitrogens is 5. The molecule has 3 N–H and O–H groups in total. The van der Waals surface area contributed by atoms with Crippen molar-refractivity contribution < 1.29 is 4.79 Å². The smallest absolute Gasteiger partial charge is 0.329 e. The van der Waals surface area contributed by atoms with Gasteiger partial charge in [-0.3, -0.25) is 19.1 Å². The van der Waals surface area contributed by atoms with Gasteiger partial charge in [-0.2, -0.15) is 0 Å². The monoisotopic (exact) mass is 330 g/mol. The van der Waals surface area contributed by atoms with Crippen molar-refractivity contribution >= 4 is 17.1 Å². The van der Waals surface area contributed by atoms with Gasteiger partial charge in [-0.25, -0.2) is 9.78 Å². The van der Waals surface area contributed by atoms with Crippen LogP contribution in [0.5, 0.6) is 0 Å². The van der Waals surface area contributed by atoms with E-state index >= 15 is 0 Å². The van der Waals surface area contributed by atoms with Crippen LogP contribution in [-0.2, 0) is 31.9 Å². The molecule has 0 radical (unpaired) electrons. The van der Waals surface area contributed by atoms with Gasteiger partial charge in [-0.1, -0.05) is 0 Å². The first-order valence-electron chi connectivity index (χ1n) is 7.50. The third-order valence-corrected chi connectivity index (χ3v) is 3.91. The number of aryl methyl sites for hydroxylation is 3. The summed E-state index contributed by atoms with van der Waals surface area (Å²) >= 11 is 0. The summed E-state index contributed by atoms with van der Waals surface area (Å²) in [5, 5.41) is 2.84. The zero-order chi connectivity index (χ0) is 17.3. The van der Waals surface area contributed by atoms with Crippen molar-refractivity contribution in [2.45, 2.75) is 19.4 Å². The van der Waals surface area contributed by atoms with Crippen LogP contribution in [0.15, 0.2) is 27.9 Å². The minimum atomic E-state index is -0.522. The van der Waals surface area contributed by atoms with E-state index in [9.17, 15) is 14.4 Å². The second kappa shape index (κ2) is 6.19. The van der Waals surface area contributed by atoms with Crippen LogP contribution in [0.3, 0.4) is 0 Å². The lowest BCUT2D eigenvalue weighted by molar-refractivity contribution is -0.121. The molecule has 9 nitrogen and oxygen atoms in total. The van der Waals surface area contributed by atoms with Gasteiger partial charge in [0.2, 0.25) is 5.91 Å². The summed E-state index contributed by atoms with van der Waals surface area (Å²) in [5.74, 6) is 0.380. The molecule has 0 aliphatic carbocycles. The van der Waals surface area contributed by atoms with Crippen molar-refractivity contribution in [3.63, 3.8) is 0 Å². The number of carbonyl (C=O) groups is 1. The maximum atomic E-state index is 11.9. The molecule has 0 unspecified atom stereocenters. The number of hydrogen-bond acceptors (Lipinski definition) is 4. The van der Waals surface area contributed by atoms with E-state index in [-0.39, 0.29) is 23.5 Å². The van der Waals surface area contributed by atoms with Crippen LogP contribution in [0, 0.1) is 0 Å². The van der Waals surface area contributed by atoms with E-state index in [0.29, 0.717) is 18.8 Å². The van der Waals surface area contributed by atoms with Gasteiger partial charge in [0.15, 0.2) is 5.65 Å². The molecule has 126 valence electrons. The predicted octanol–water partition coefficient (Wildman–Crippen LogP) is -0.463. The van der Waals surface area contributed by atoms with E-state index in [2.05, 4.69) is 20.3 Å². The Morgan fingerprint density at radius 2 is 2.08 bits per heavy atom. The average Bonchev–Trinajstić information content (AvgIpc) is 3.15. The minimum absolute atomic E-state index is 0.112. The number of amides is 1. The van der Waals surface area contributed by atoms with Crippen molar-refractivity contribution in [3.8, 4) is 0 Å². The highest BCUT2D eigenvalue weighted by atomic mass is 16.2. The van der Waals surface area contributed by atoms with Crippen molar-refractivity contribution in [1.82, 2.24) is 29.4 Å². The van der Waals surface area contributed by atoms with Crippen LogP contribution in [-0.4, -0.2) is 30.0 Å². The molecule has 9 heteroatoms. The number of fused-ring (bicyclic) bond motifs is 1. The van der Waals surface area contributed by atoms with Gasteiger partial charge in [-0.05, 0) is 12.1 Å². The molecule has 3 rings (SSSR count). The second-order valence-electron chi connectivity index (χ2n) is 5.59. The van der Waals surface area contributed by atoms with Crippen LogP contribution in [0.1, 0.15) is 17.9 Å². The topological polar surface area (TPSA) is 118 Å². The Morgan fingerprint density at radius 1 is 1.29 bits per heavy atom. The van der Waals surface area contributed by atoms with E-state index in [1.165, 1.54) is 11.6 Å². The SMILES string of the molecule is Cn1cccc1CNC(=O)CCc1nc2c([nH]1)c(=O)[nH]c(=O)n2C. The first-order chi connectivity index (χ1) is 11.5. The minimum Gasteiger partial charge on any atom is -0.353 e. The highest BCUT2D eigenvalue weighted by Gasteiger charge is 2.12. The number of imidazole rings is 1. The van der Waals surface area contributed by atoms with Crippen LogP contribution in [0.4, 0.5) is 0 Å². The predicted molar refractivity (Wildman–Crippen MR) is 87.5 cm³/mol. The van der Waals surface area contributed by atoms with Gasteiger partial charge in [-0.15, -0.1) is 0 Å². The van der Waals surface area contributed by atoms with Gasteiger partial charge in [0, 0.05) is 38.8 Å². The molecule has 0 aliphatic rings. The van der Waals surface area contributed by atoms with E-state index in [1.807, 2.05) is 29.9 Å². The normalized spacial score (nSPS) is 11.1. The third-order valence-electron chi connectivity index (χ3n) is 3.91. The molecule has 0 bridgehead atoms. The Kier molecular flexibility index (Phi) is 4.07. The number of carbonyl (C=O) groups excluding carboxylic acids is 1. The lowest BCUT2D eigenvalue weighted by atomic mass is 10.3. The Morgan fingerprint density at radius 3 is 2.79 bits per heavy atom. The summed E-state index contributed by atoms with van der Waals surface area (Å²) < 4.78 is 3.19. The van der Waals surface area contributed by atoms with Crippen LogP contribution in [0.25, 0.3) is 11.2 Å². The third kappa shape index (κ3) is 3.00. The van der Waals surface area contributed by atoms with Crippen molar-refractivity contribution in [3.05, 3.63) is 50.7 Å². The Bertz CT molecular complexity index is 1010. The van der Waals surface area contributed by atoms with E-state index in [0.717, 1.165) is 5.69 Å². The van der Waals surface area contributed by atoms with Crippen LogP contribution < -0.4 is 16.6 Å². The maximum Gasteiger partial charge on any atom is 0.329 e. The van der Waals surface area contributed by atoms with Crippen molar-refractivity contribution in [2.75, 3.05) is 0 Å². The molecule has 3 heterocycles. The molecule has 1 amide bonds. The molecule has 24 heavy (non-hydrogen) atoms. The molecular formula is C15H18N6O3. The van der Waals surface area contributed by atoms with E-state index in [4.69, 9.17) is 0 Å². The molecule has 3 aromatic heterocycles. The van der Waals surface area contributed by atoms with Crippen LogP contribution >= 0.6 is 0 Å². The van der Waals surface area contributed by atoms with Gasteiger partial charge < -0.3 is 14.9 Å². The quantitative estimate of drug-likeness (QED) is 0.586. The largest absolute Gasteiger partial charge is 0.353 e. The van der Waals surface area contributed by atoms with Gasteiger partial charge in [0.1, 0.15) is 11.3 Å². The van der Waals surface area contributed by atoms with Gasteiger partial charge in [0.05, 0.1) is 6.54 Å². The van der Waals surface area contributed by atoms with Gasteiger partial charge in [0.25, 0.3) is 5.56 Å². The molecule has 0 spiro atoms. The van der Waals surface area contributed by atoms with Crippen molar-refractivity contribution in [1.29, 1.82) is 0 Å². The maximum absolute atomic E-state index is 11.9. The number of nitrogens with one attached hydrogen (secondary N) is 3. The average molecular weight is 330 g/mol. The molecule has 0 aromatic carbocycles. The molecule has 0 atom stereocenters. The fourth-order valence-electron chi connectivity index (χ4n) is 2.46. The first kappa shape index (κ1) is 15.8. The van der Waals surface area contributed by atoms with Crippen LogP contribution in [0.2, 0.25) is 0 Å². The number of rotatable bonds is 5. The summed E-state index contributed by atoms with van der Waals surface area (Å²) in [4.78, 5) is 44.5. The summed E-state index contributed by atoms with van der Waals surface area (Å²) in [7, 11) is 3.44. The summed E-state index contributed by atoms with van der Waals surface area (Å²) in [6.45, 7) is 0.455. The first-order valence-corrected chi connectivity index (χ1v) is 7.50. The molecule has 0 saturated heterocycles. The fraction of sp³-hybridized carbons (Fsp3) is 0.333. The standard InChI is InChI=1S/C15H18N6O3/c1-20-7-3-4-9(20)8-16-11(22)6-5-10-17-12-13(18-10)21(2)15(24)19-14(12)23/h3-4,7H,5-6,8H2,1-2H3,(H,16,22)(H,17,18)(H,19,23,24). The zero-order valence-electron chi connectivity index (χ0n) is 13.4. The number of H-pyrrole nitrogens is 2. The second-order valence-corrected chi connectivity index (χ2v) is 5.59. The fourth-order valence-corrected chi connectivity index (χ4v) is 2.46.